The topological polar surface area (TPSA) is 145 Å². The third-order valence-corrected chi connectivity index (χ3v) is 11.3. The molecule has 55 heavy (non-hydrogen) atoms. The van der Waals surface area contributed by atoms with E-state index >= 15 is 0 Å². The smallest absolute Gasteiger partial charge is 0.328 e. The third kappa shape index (κ3) is 12.1. The number of nitrogens with zero attached hydrogens (tertiary/aromatic N) is 5. The number of benzene rings is 1. The number of esters is 1. The summed E-state index contributed by atoms with van der Waals surface area (Å²) in [5.74, 6) is -1.07. The Morgan fingerprint density at radius 1 is 0.964 bits per heavy atom. The van der Waals surface area contributed by atoms with E-state index in [1.165, 1.54) is 7.11 Å². The van der Waals surface area contributed by atoms with Gasteiger partial charge >= 0.3 is 5.97 Å². The van der Waals surface area contributed by atoms with Gasteiger partial charge in [-0.25, -0.2) is 9.79 Å². The van der Waals surface area contributed by atoms with E-state index in [0.717, 1.165) is 50.5 Å². The Morgan fingerprint density at radius 3 is 2.16 bits per heavy atom. The van der Waals surface area contributed by atoms with Crippen LogP contribution in [0.3, 0.4) is 0 Å². The molecule has 3 amide bonds. The first-order valence-corrected chi connectivity index (χ1v) is 19.9. The van der Waals surface area contributed by atoms with Gasteiger partial charge in [0.05, 0.1) is 43.7 Å². The summed E-state index contributed by atoms with van der Waals surface area (Å²) in [6.45, 7) is 13.8. The van der Waals surface area contributed by atoms with E-state index < -0.39 is 42.2 Å². The number of piperazine rings is 1. The van der Waals surface area contributed by atoms with Crippen molar-refractivity contribution in [2.75, 3.05) is 75.2 Å². The van der Waals surface area contributed by atoms with Crippen LogP contribution in [0.25, 0.3) is 0 Å². The second-order valence-corrected chi connectivity index (χ2v) is 15.6. The van der Waals surface area contributed by atoms with Gasteiger partial charge < -0.3 is 44.4 Å². The number of aliphatic imine (C=N–C) groups is 1. The van der Waals surface area contributed by atoms with Gasteiger partial charge in [0.15, 0.2) is 5.96 Å². The van der Waals surface area contributed by atoms with Crippen molar-refractivity contribution < 1.29 is 33.4 Å². The molecule has 1 aromatic rings. The molecule has 0 bridgehead atoms. The van der Waals surface area contributed by atoms with E-state index in [-0.39, 0.29) is 48.4 Å². The summed E-state index contributed by atoms with van der Waals surface area (Å²) >= 11 is 0. The Morgan fingerprint density at radius 2 is 1.62 bits per heavy atom. The lowest BCUT2D eigenvalue weighted by Crippen LogP contribution is -2.56. The lowest BCUT2D eigenvalue weighted by molar-refractivity contribution is -0.148. The zero-order valence-electron chi connectivity index (χ0n) is 35.2. The van der Waals surface area contributed by atoms with E-state index in [1.54, 1.807) is 38.0 Å². The number of guanidine groups is 1. The van der Waals surface area contributed by atoms with Crippen molar-refractivity contribution in [1.29, 1.82) is 0 Å². The molecule has 0 spiro atoms. The Kier molecular flexibility index (Phi) is 18.3. The highest BCUT2D eigenvalue weighted by Gasteiger charge is 2.43. The number of methoxy groups -OCH3 is 3. The molecular formula is C41H69N7O7. The van der Waals surface area contributed by atoms with Crippen molar-refractivity contribution in [2.45, 2.75) is 103 Å². The maximum Gasteiger partial charge on any atom is 0.328 e. The molecular weight excluding hydrogens is 702 g/mol. The predicted octanol–water partition coefficient (Wildman–Crippen LogP) is 2.65. The van der Waals surface area contributed by atoms with Crippen LogP contribution in [0.15, 0.2) is 35.3 Å². The van der Waals surface area contributed by atoms with Gasteiger partial charge in [-0.2, -0.15) is 0 Å². The fourth-order valence-corrected chi connectivity index (χ4v) is 7.96. The van der Waals surface area contributed by atoms with Crippen molar-refractivity contribution in [3.8, 4) is 0 Å². The summed E-state index contributed by atoms with van der Waals surface area (Å²) in [5.41, 5.74) is 0.887. The highest BCUT2D eigenvalue weighted by Crippen LogP contribution is 2.30. The molecule has 0 unspecified atom stereocenters. The van der Waals surface area contributed by atoms with Crippen LogP contribution in [0.4, 0.5) is 0 Å². The fourth-order valence-electron chi connectivity index (χ4n) is 7.96. The molecule has 0 saturated carbocycles. The molecule has 2 N–H and O–H groups in total. The van der Waals surface area contributed by atoms with E-state index in [0.29, 0.717) is 13.0 Å². The number of nitrogens with one attached hydrogen (secondary N) is 2. The quantitative estimate of drug-likeness (QED) is 0.130. The van der Waals surface area contributed by atoms with Gasteiger partial charge in [0, 0.05) is 74.5 Å². The average Bonchev–Trinajstić information content (AvgIpc) is 3.67. The number of likely N-dealkylation sites (tertiary alicyclic amines) is 1. The molecule has 14 nitrogen and oxygen atoms in total. The van der Waals surface area contributed by atoms with E-state index in [4.69, 9.17) is 19.2 Å². The number of ether oxygens (including phenoxy) is 3. The number of carbonyl (C=O) groups is 4. The van der Waals surface area contributed by atoms with Gasteiger partial charge in [0.1, 0.15) is 12.1 Å². The molecule has 0 aliphatic carbocycles. The minimum absolute atomic E-state index is 0.0217. The molecule has 2 saturated heterocycles. The van der Waals surface area contributed by atoms with Gasteiger partial charge in [-0.05, 0) is 30.2 Å². The lowest BCUT2D eigenvalue weighted by atomic mass is 9.89. The number of amides is 3. The summed E-state index contributed by atoms with van der Waals surface area (Å²) in [4.78, 5) is 67.9. The highest BCUT2D eigenvalue weighted by molar-refractivity contribution is 5.88. The van der Waals surface area contributed by atoms with Crippen LogP contribution in [0.1, 0.15) is 65.9 Å². The number of hydrogen-bond acceptors (Lipinski definition) is 9. The second kappa shape index (κ2) is 22.1. The number of carbonyl (C=O) groups excluding carboxylic acids is 4. The maximum atomic E-state index is 14.4. The Hall–Kier alpha value is -3.75. The molecule has 2 aliphatic heterocycles. The summed E-state index contributed by atoms with van der Waals surface area (Å²) in [6.07, 6.45) is 1.31. The molecule has 0 aromatic heterocycles. The fraction of sp³-hybridized carbons (Fsp3) is 0.732. The number of hydrogen-bond donors (Lipinski definition) is 2. The second-order valence-electron chi connectivity index (χ2n) is 15.6. The van der Waals surface area contributed by atoms with Crippen LogP contribution < -0.4 is 10.6 Å². The lowest BCUT2D eigenvalue weighted by Gasteiger charge is -2.40. The standard InChI is InChI=1S/C41H69N7O7/c1-12-28(4)36(46(8)39(51)35(27(2)3)44-41(45(6)7)47-23-20-42-21-24-47)33(53-9)26-34(49)48-22-16-19-32(48)37(54-10)29(5)38(50)43-31(40(52)55-11)25-30-17-14-13-15-18-30/h13-15,17-18,27-29,31-33,35-37,42H,12,16,19-26H2,1-11H3,(H,43,50)/b44-41-/t28-,29+,31-,32-,33+,35-,36-,37+/m0/s1. The highest BCUT2D eigenvalue weighted by atomic mass is 16.5. The predicted molar refractivity (Wildman–Crippen MR) is 214 cm³/mol. The summed E-state index contributed by atoms with van der Waals surface area (Å²) in [7, 11) is 10.2. The molecule has 1 aromatic carbocycles. The Labute approximate surface area is 329 Å². The average molecular weight is 772 g/mol. The minimum atomic E-state index is -0.877. The molecule has 310 valence electrons. The van der Waals surface area contributed by atoms with Crippen molar-refractivity contribution in [3.05, 3.63) is 35.9 Å². The first-order chi connectivity index (χ1) is 26.2. The van der Waals surface area contributed by atoms with Gasteiger partial charge in [0.25, 0.3) is 0 Å². The largest absolute Gasteiger partial charge is 0.467 e. The van der Waals surface area contributed by atoms with Gasteiger partial charge in [-0.3, -0.25) is 14.4 Å². The van der Waals surface area contributed by atoms with Crippen LogP contribution in [0.5, 0.6) is 0 Å². The van der Waals surface area contributed by atoms with Crippen molar-refractivity contribution >= 4 is 29.7 Å². The molecule has 2 heterocycles. The number of likely N-dealkylation sites (N-methyl/N-ethyl adjacent to an activating group) is 1. The van der Waals surface area contributed by atoms with Crippen LogP contribution in [-0.4, -0.2) is 161 Å². The van der Waals surface area contributed by atoms with Crippen molar-refractivity contribution in [3.63, 3.8) is 0 Å². The molecule has 3 rings (SSSR count). The van der Waals surface area contributed by atoms with Crippen LogP contribution in [-0.2, 0) is 39.8 Å². The van der Waals surface area contributed by atoms with Gasteiger partial charge in [0.2, 0.25) is 17.7 Å². The molecule has 0 radical (unpaired) electrons. The summed E-state index contributed by atoms with van der Waals surface area (Å²) in [6, 6.07) is 7.17. The summed E-state index contributed by atoms with van der Waals surface area (Å²) in [5, 5.41) is 6.26. The monoisotopic (exact) mass is 772 g/mol. The van der Waals surface area contributed by atoms with Crippen molar-refractivity contribution in [2.24, 2.45) is 22.7 Å². The van der Waals surface area contributed by atoms with E-state index in [2.05, 4.69) is 29.4 Å². The Balaban J connectivity index is 1.81. The molecule has 8 atom stereocenters. The van der Waals surface area contributed by atoms with Gasteiger partial charge in [-0.1, -0.05) is 71.4 Å². The van der Waals surface area contributed by atoms with E-state index in [9.17, 15) is 19.2 Å². The van der Waals surface area contributed by atoms with Crippen LogP contribution in [0, 0.1) is 17.8 Å². The number of rotatable bonds is 18. The van der Waals surface area contributed by atoms with E-state index in [1.807, 2.05) is 63.2 Å². The molecule has 2 aliphatic rings. The van der Waals surface area contributed by atoms with Gasteiger partial charge in [-0.15, -0.1) is 0 Å². The first kappa shape index (κ1) is 45.6. The zero-order chi connectivity index (χ0) is 40.8. The first-order valence-electron chi connectivity index (χ1n) is 19.9. The summed E-state index contributed by atoms with van der Waals surface area (Å²) < 4.78 is 17.0. The molecule has 14 heteroatoms. The SMILES string of the molecule is CC[C@H](C)[C@@H]([C@@H](CC(=O)N1CCC[C@H]1[C@H](OC)[C@@H](C)C(=O)N[C@@H](Cc1ccccc1)C(=O)OC)OC)N(C)C(=O)[C@@H](/N=C(/N(C)C)N1CCNCC1)C(C)C. The normalized spacial score (nSPS) is 20.2. The third-order valence-electron chi connectivity index (χ3n) is 11.3. The minimum Gasteiger partial charge on any atom is -0.467 e. The van der Waals surface area contributed by atoms with Crippen LogP contribution >= 0.6 is 0 Å². The van der Waals surface area contributed by atoms with Crippen molar-refractivity contribution in [1.82, 2.24) is 30.2 Å². The Bertz CT molecular complexity index is 1400. The molecule has 2 fully saturated rings. The zero-order valence-corrected chi connectivity index (χ0v) is 35.2. The maximum absolute atomic E-state index is 14.4. The van der Waals surface area contributed by atoms with Crippen LogP contribution in [0.2, 0.25) is 0 Å².